The summed E-state index contributed by atoms with van der Waals surface area (Å²) < 4.78 is 73.8. The van der Waals surface area contributed by atoms with Gasteiger partial charge in [-0.15, -0.1) is 0 Å². The molecule has 216 valence electrons. The molecule has 4 rings (SSSR count). The lowest BCUT2D eigenvalue weighted by Gasteiger charge is -2.29. The summed E-state index contributed by atoms with van der Waals surface area (Å²) in [6.45, 7) is 3.07. The molecular weight excluding hydrogens is 549 g/mol. The molecule has 1 aliphatic rings. The van der Waals surface area contributed by atoms with Crippen molar-refractivity contribution in [2.75, 3.05) is 11.5 Å². The van der Waals surface area contributed by atoms with Crippen LogP contribution in [0, 0.1) is 11.6 Å². The second kappa shape index (κ2) is 11.9. The summed E-state index contributed by atoms with van der Waals surface area (Å²) in [6, 6.07) is 10.5. The third kappa shape index (κ3) is 6.82. The van der Waals surface area contributed by atoms with Gasteiger partial charge in [-0.05, 0) is 49.7 Å². The Balaban J connectivity index is 1.62. The fourth-order valence-electron chi connectivity index (χ4n) is 4.49. The minimum atomic E-state index is -5.04. The predicted octanol–water partition coefficient (Wildman–Crippen LogP) is 4.64. The highest BCUT2D eigenvalue weighted by Crippen LogP contribution is 2.34. The Kier molecular flexibility index (Phi) is 8.60. The van der Waals surface area contributed by atoms with Crippen molar-refractivity contribution in [3.63, 3.8) is 0 Å². The highest BCUT2D eigenvalue weighted by molar-refractivity contribution is 6.03. The number of fused-ring (bicyclic) bond motifs is 1. The molecule has 0 bridgehead atoms. The first-order valence-electron chi connectivity index (χ1n) is 12.6. The summed E-state index contributed by atoms with van der Waals surface area (Å²) in [5.74, 6) is -4.39. The van der Waals surface area contributed by atoms with E-state index < -0.39 is 64.8 Å². The average Bonchev–Trinajstić information content (AvgIpc) is 3.04. The SMILES string of the molecule is CC(C)N1C(=O)C(NC(=O)[C@@H](Cc2ccccc2)NC(=O)c2ccc(F)cc2C(F)(F)F)COc2cc(F)ccc21. The van der Waals surface area contributed by atoms with E-state index in [9.17, 15) is 36.3 Å². The van der Waals surface area contributed by atoms with Crippen LogP contribution in [0.2, 0.25) is 0 Å². The first-order chi connectivity index (χ1) is 19.3. The van der Waals surface area contributed by atoms with Crippen LogP contribution in [-0.4, -0.2) is 42.5 Å². The van der Waals surface area contributed by atoms with E-state index in [1.807, 2.05) is 0 Å². The number of halogens is 5. The third-order valence-electron chi connectivity index (χ3n) is 6.39. The molecule has 0 radical (unpaired) electrons. The lowest BCUT2D eigenvalue weighted by atomic mass is 10.0. The summed E-state index contributed by atoms with van der Waals surface area (Å²) in [4.78, 5) is 41.3. The maximum Gasteiger partial charge on any atom is 0.417 e. The number of nitrogens with zero attached hydrogens (tertiary/aromatic N) is 1. The van der Waals surface area contributed by atoms with Crippen molar-refractivity contribution < 1.29 is 41.1 Å². The molecule has 3 amide bonds. The Hall–Kier alpha value is -4.48. The Morgan fingerprint density at radius 1 is 1.00 bits per heavy atom. The number of alkyl halides is 3. The largest absolute Gasteiger partial charge is 0.489 e. The average molecular weight is 576 g/mol. The molecular formula is C29H26F5N3O4. The van der Waals surface area contributed by atoms with E-state index in [1.54, 1.807) is 44.2 Å². The predicted molar refractivity (Wildman–Crippen MR) is 139 cm³/mol. The van der Waals surface area contributed by atoms with E-state index in [2.05, 4.69) is 10.6 Å². The van der Waals surface area contributed by atoms with E-state index in [0.29, 0.717) is 23.4 Å². The molecule has 3 aromatic carbocycles. The number of carbonyl (C=O) groups excluding carboxylic acids is 3. The number of hydrogen-bond donors (Lipinski definition) is 2. The van der Waals surface area contributed by atoms with Gasteiger partial charge in [0, 0.05) is 18.5 Å². The topological polar surface area (TPSA) is 87.7 Å². The van der Waals surface area contributed by atoms with Crippen LogP contribution in [0.3, 0.4) is 0 Å². The van der Waals surface area contributed by atoms with Crippen molar-refractivity contribution in [2.45, 2.75) is 44.6 Å². The van der Waals surface area contributed by atoms with Gasteiger partial charge >= 0.3 is 6.18 Å². The molecule has 7 nitrogen and oxygen atoms in total. The molecule has 3 aromatic rings. The van der Waals surface area contributed by atoms with Crippen LogP contribution >= 0.6 is 0 Å². The molecule has 0 aromatic heterocycles. The highest BCUT2D eigenvalue weighted by Gasteiger charge is 2.38. The number of amides is 3. The van der Waals surface area contributed by atoms with Gasteiger partial charge in [-0.3, -0.25) is 14.4 Å². The molecule has 2 atom stereocenters. The minimum Gasteiger partial charge on any atom is -0.489 e. The zero-order chi connectivity index (χ0) is 29.9. The van der Waals surface area contributed by atoms with Crippen molar-refractivity contribution in [3.05, 3.63) is 95.1 Å². The zero-order valence-electron chi connectivity index (χ0n) is 22.0. The standard InChI is InChI=1S/C29H26F5N3O4/c1-16(2)37-24-11-9-19(31)14-25(24)41-15-23(28(37)40)36-27(39)22(12-17-6-4-3-5-7-17)35-26(38)20-10-8-18(30)13-21(20)29(32,33)34/h3-11,13-14,16,22-23H,12,15H2,1-2H3,(H,35,38)(H,36,39)/t22-,23?/m1/s1. The Labute approximate surface area is 232 Å². The molecule has 1 unspecified atom stereocenters. The smallest absolute Gasteiger partial charge is 0.417 e. The molecule has 1 aliphatic heterocycles. The summed E-state index contributed by atoms with van der Waals surface area (Å²) in [7, 11) is 0. The maximum absolute atomic E-state index is 13.9. The van der Waals surface area contributed by atoms with Crippen molar-refractivity contribution in [3.8, 4) is 5.75 Å². The first-order valence-corrected chi connectivity index (χ1v) is 12.6. The fraction of sp³-hybridized carbons (Fsp3) is 0.276. The van der Waals surface area contributed by atoms with Crippen molar-refractivity contribution in [1.82, 2.24) is 10.6 Å². The maximum atomic E-state index is 13.9. The van der Waals surface area contributed by atoms with Crippen LogP contribution in [0.5, 0.6) is 5.75 Å². The van der Waals surface area contributed by atoms with Gasteiger partial charge < -0.3 is 20.3 Å². The summed E-state index contributed by atoms with van der Waals surface area (Å²) in [5, 5.41) is 4.83. The van der Waals surface area contributed by atoms with Crippen LogP contribution in [-0.2, 0) is 22.2 Å². The Morgan fingerprint density at radius 3 is 2.32 bits per heavy atom. The van der Waals surface area contributed by atoms with Crippen LogP contribution in [0.15, 0.2) is 66.7 Å². The van der Waals surface area contributed by atoms with Gasteiger partial charge in [0.2, 0.25) is 5.91 Å². The molecule has 0 saturated carbocycles. The van der Waals surface area contributed by atoms with Gasteiger partial charge in [-0.25, -0.2) is 8.78 Å². The van der Waals surface area contributed by atoms with Gasteiger partial charge in [0.25, 0.3) is 11.8 Å². The summed E-state index contributed by atoms with van der Waals surface area (Å²) >= 11 is 0. The fourth-order valence-corrected chi connectivity index (χ4v) is 4.49. The number of hydrogen-bond acceptors (Lipinski definition) is 4. The number of benzene rings is 3. The second-order valence-corrected chi connectivity index (χ2v) is 9.69. The molecule has 1 heterocycles. The Bertz CT molecular complexity index is 1450. The van der Waals surface area contributed by atoms with Gasteiger partial charge in [0.05, 0.1) is 16.8 Å². The molecule has 41 heavy (non-hydrogen) atoms. The summed E-state index contributed by atoms with van der Waals surface area (Å²) in [5.41, 5.74) is -1.51. The van der Waals surface area contributed by atoms with Crippen molar-refractivity contribution >= 4 is 23.4 Å². The number of ether oxygens (including phenoxy) is 1. The van der Waals surface area contributed by atoms with Gasteiger partial charge in [0.15, 0.2) is 0 Å². The van der Waals surface area contributed by atoms with E-state index in [-0.39, 0.29) is 24.8 Å². The van der Waals surface area contributed by atoms with Crippen LogP contribution in [0.1, 0.15) is 35.3 Å². The molecule has 0 fully saturated rings. The highest BCUT2D eigenvalue weighted by atomic mass is 19.4. The van der Waals surface area contributed by atoms with E-state index in [4.69, 9.17) is 4.74 Å². The van der Waals surface area contributed by atoms with Gasteiger partial charge in [-0.1, -0.05) is 30.3 Å². The molecule has 0 saturated heterocycles. The first kappa shape index (κ1) is 29.5. The number of nitrogens with one attached hydrogen (secondary N) is 2. The number of carbonyl (C=O) groups is 3. The van der Waals surface area contributed by atoms with Crippen LogP contribution in [0.25, 0.3) is 0 Å². The van der Waals surface area contributed by atoms with Gasteiger partial charge in [0.1, 0.15) is 36.1 Å². The van der Waals surface area contributed by atoms with Crippen LogP contribution < -0.4 is 20.3 Å². The van der Waals surface area contributed by atoms with E-state index in [0.717, 1.165) is 6.07 Å². The molecule has 0 aliphatic carbocycles. The Morgan fingerprint density at radius 2 is 1.66 bits per heavy atom. The second-order valence-electron chi connectivity index (χ2n) is 9.69. The molecule has 0 spiro atoms. The quantitative estimate of drug-likeness (QED) is 0.402. The number of rotatable bonds is 7. The van der Waals surface area contributed by atoms with Gasteiger partial charge in [-0.2, -0.15) is 13.2 Å². The number of anilines is 1. The third-order valence-corrected chi connectivity index (χ3v) is 6.39. The van der Waals surface area contributed by atoms with E-state index >= 15 is 0 Å². The summed E-state index contributed by atoms with van der Waals surface area (Å²) in [6.07, 6.45) is -5.17. The van der Waals surface area contributed by atoms with Crippen molar-refractivity contribution in [2.24, 2.45) is 0 Å². The van der Waals surface area contributed by atoms with E-state index in [1.165, 1.54) is 17.0 Å². The monoisotopic (exact) mass is 575 g/mol. The zero-order valence-corrected chi connectivity index (χ0v) is 22.0. The lowest BCUT2D eigenvalue weighted by Crippen LogP contribution is -2.57. The van der Waals surface area contributed by atoms with Crippen molar-refractivity contribution in [1.29, 1.82) is 0 Å². The molecule has 2 N–H and O–H groups in total. The minimum absolute atomic E-state index is 0.0916. The normalized spacial score (nSPS) is 16.0. The van der Waals surface area contributed by atoms with Crippen LogP contribution in [0.4, 0.5) is 27.6 Å². The lowest BCUT2D eigenvalue weighted by molar-refractivity contribution is -0.138. The molecule has 12 heteroatoms.